The van der Waals surface area contributed by atoms with Crippen LogP contribution in [0.5, 0.6) is 0 Å². The summed E-state index contributed by atoms with van der Waals surface area (Å²) in [5.41, 5.74) is 6.54. The first kappa shape index (κ1) is 19.4. The molecule has 4 N–H and O–H groups in total. The number of nitrogens with one attached hydrogen (secondary N) is 2. The zero-order chi connectivity index (χ0) is 18.1. The Kier molecular flexibility index (Phi) is 7.84. The molecule has 1 amide bonds. The highest BCUT2D eigenvalue weighted by Crippen LogP contribution is 2.24. The number of amides is 1. The molecule has 0 aliphatic carbocycles. The average Bonchev–Trinajstić information content (AvgIpc) is 2.65. The van der Waals surface area contributed by atoms with Crippen LogP contribution in [0, 0.1) is 5.92 Å². The van der Waals surface area contributed by atoms with Gasteiger partial charge in [0, 0.05) is 56.7 Å². The third kappa shape index (κ3) is 5.81. The van der Waals surface area contributed by atoms with E-state index in [4.69, 9.17) is 5.73 Å². The lowest BCUT2D eigenvalue weighted by molar-refractivity contribution is -0.122. The number of aliphatic imine (C=N–C) groups is 1. The molecule has 0 bridgehead atoms. The van der Waals surface area contributed by atoms with Crippen LogP contribution in [0.2, 0.25) is 0 Å². The molecule has 8 heteroatoms. The number of anilines is 1. The Morgan fingerprint density at radius 3 is 2.84 bits per heavy atom. The van der Waals surface area contributed by atoms with Crippen molar-refractivity contribution in [3.05, 3.63) is 23.9 Å². The molecule has 2 rings (SSSR count). The van der Waals surface area contributed by atoms with E-state index in [1.807, 2.05) is 12.3 Å². The van der Waals surface area contributed by atoms with Gasteiger partial charge < -0.3 is 21.3 Å². The van der Waals surface area contributed by atoms with Crippen LogP contribution in [0.3, 0.4) is 0 Å². The maximum absolute atomic E-state index is 11.3. The van der Waals surface area contributed by atoms with E-state index in [0.29, 0.717) is 6.54 Å². The van der Waals surface area contributed by atoms with Gasteiger partial charge in [-0.1, -0.05) is 6.07 Å². The Balaban J connectivity index is 1.95. The van der Waals surface area contributed by atoms with Gasteiger partial charge in [0.2, 0.25) is 5.91 Å². The van der Waals surface area contributed by atoms with Crippen LogP contribution in [0.25, 0.3) is 0 Å². The van der Waals surface area contributed by atoms with Gasteiger partial charge >= 0.3 is 0 Å². The van der Waals surface area contributed by atoms with Crippen LogP contribution >= 0.6 is 11.8 Å². The van der Waals surface area contributed by atoms with Crippen molar-refractivity contribution in [1.29, 1.82) is 0 Å². The second-order valence-corrected chi connectivity index (χ2v) is 6.98. The van der Waals surface area contributed by atoms with Crippen molar-refractivity contribution >= 4 is 29.4 Å². The quantitative estimate of drug-likeness (QED) is 0.376. The fourth-order valence-electron chi connectivity index (χ4n) is 2.90. The molecule has 1 aromatic heterocycles. The van der Waals surface area contributed by atoms with Crippen LogP contribution in [0.1, 0.15) is 18.4 Å². The van der Waals surface area contributed by atoms with Gasteiger partial charge in [-0.15, -0.1) is 0 Å². The third-order valence-corrected chi connectivity index (χ3v) is 4.95. The molecule has 25 heavy (non-hydrogen) atoms. The van der Waals surface area contributed by atoms with E-state index in [1.165, 1.54) is 0 Å². The molecule has 0 atom stereocenters. The number of piperidine rings is 1. The van der Waals surface area contributed by atoms with E-state index in [2.05, 4.69) is 37.8 Å². The largest absolute Gasteiger partial charge is 0.369 e. The molecule has 2 heterocycles. The minimum absolute atomic E-state index is 0.0130. The zero-order valence-corrected chi connectivity index (χ0v) is 15.8. The molecule has 1 aromatic rings. The van der Waals surface area contributed by atoms with E-state index in [-0.39, 0.29) is 11.8 Å². The van der Waals surface area contributed by atoms with Crippen molar-refractivity contribution in [2.24, 2.45) is 16.6 Å². The lowest BCUT2D eigenvalue weighted by Gasteiger charge is -2.32. The van der Waals surface area contributed by atoms with Crippen molar-refractivity contribution in [2.45, 2.75) is 19.4 Å². The Labute approximate surface area is 153 Å². The number of hydrogen-bond acceptors (Lipinski definition) is 5. The number of thioether (sulfide) groups is 1. The Morgan fingerprint density at radius 1 is 1.44 bits per heavy atom. The van der Waals surface area contributed by atoms with Crippen LogP contribution in [-0.4, -0.2) is 55.5 Å². The average molecular weight is 365 g/mol. The van der Waals surface area contributed by atoms with Crippen LogP contribution < -0.4 is 21.3 Å². The van der Waals surface area contributed by atoms with Crippen molar-refractivity contribution in [2.75, 3.05) is 43.6 Å². The zero-order valence-electron chi connectivity index (χ0n) is 15.0. The molecule has 0 unspecified atom stereocenters. The maximum Gasteiger partial charge on any atom is 0.220 e. The molecule has 138 valence electrons. The van der Waals surface area contributed by atoms with Gasteiger partial charge in [0.1, 0.15) is 5.82 Å². The molecular weight excluding hydrogens is 336 g/mol. The molecule has 7 nitrogen and oxygen atoms in total. The predicted molar refractivity (Wildman–Crippen MR) is 105 cm³/mol. The van der Waals surface area contributed by atoms with Crippen LogP contribution in [-0.2, 0) is 11.3 Å². The first-order chi connectivity index (χ1) is 12.2. The molecule has 1 aliphatic rings. The summed E-state index contributed by atoms with van der Waals surface area (Å²) in [5, 5.41) is 6.63. The number of primary amides is 1. The highest BCUT2D eigenvalue weighted by atomic mass is 32.2. The summed E-state index contributed by atoms with van der Waals surface area (Å²) >= 11 is 1.80. The summed E-state index contributed by atoms with van der Waals surface area (Å²) in [5.74, 6) is 2.59. The SMILES string of the molecule is CN=C(NCCSC)NCc1cccnc1N1CCC(C(N)=O)CC1. The number of aromatic nitrogens is 1. The highest BCUT2D eigenvalue weighted by Gasteiger charge is 2.24. The molecule has 0 radical (unpaired) electrons. The number of guanidine groups is 1. The molecule has 0 saturated carbocycles. The number of nitrogens with zero attached hydrogens (tertiary/aromatic N) is 3. The van der Waals surface area contributed by atoms with Gasteiger partial charge in [-0.25, -0.2) is 4.98 Å². The number of carbonyl (C=O) groups is 1. The standard InChI is InChI=1S/C17H28N6OS/c1-19-17(21-8-11-25-2)22-12-14-4-3-7-20-16(14)23-9-5-13(6-10-23)15(18)24/h3-4,7,13H,5-6,8-12H2,1-2H3,(H2,18,24)(H2,19,21,22). The lowest BCUT2D eigenvalue weighted by atomic mass is 9.96. The van der Waals surface area contributed by atoms with Gasteiger partial charge in [0.05, 0.1) is 0 Å². The van der Waals surface area contributed by atoms with Gasteiger partial charge in [-0.2, -0.15) is 11.8 Å². The number of rotatable bonds is 7. The van der Waals surface area contributed by atoms with E-state index >= 15 is 0 Å². The first-order valence-electron chi connectivity index (χ1n) is 8.57. The molecule has 1 saturated heterocycles. The molecule has 0 aromatic carbocycles. The smallest absolute Gasteiger partial charge is 0.220 e. The Morgan fingerprint density at radius 2 is 2.20 bits per heavy atom. The molecule has 1 fully saturated rings. The summed E-state index contributed by atoms with van der Waals surface area (Å²) < 4.78 is 0. The summed E-state index contributed by atoms with van der Waals surface area (Å²) in [6, 6.07) is 4.02. The minimum Gasteiger partial charge on any atom is -0.369 e. The molecule has 0 spiro atoms. The van der Waals surface area contributed by atoms with Crippen LogP contribution in [0.15, 0.2) is 23.3 Å². The minimum atomic E-state index is -0.192. The van der Waals surface area contributed by atoms with Gasteiger partial charge in [0.25, 0.3) is 0 Å². The molecule has 1 aliphatic heterocycles. The summed E-state index contributed by atoms with van der Waals surface area (Å²) in [7, 11) is 1.77. The Hall–Kier alpha value is -1.96. The highest BCUT2D eigenvalue weighted by molar-refractivity contribution is 7.98. The second-order valence-electron chi connectivity index (χ2n) is 6.00. The monoisotopic (exact) mass is 364 g/mol. The predicted octanol–water partition coefficient (Wildman–Crippen LogP) is 0.811. The Bertz CT molecular complexity index is 586. The second kappa shape index (κ2) is 10.1. The fraction of sp³-hybridized carbons (Fsp3) is 0.588. The fourth-order valence-corrected chi connectivity index (χ4v) is 3.21. The summed E-state index contributed by atoms with van der Waals surface area (Å²) in [6.07, 6.45) is 5.47. The van der Waals surface area contributed by atoms with E-state index in [1.54, 1.807) is 18.8 Å². The normalized spacial score (nSPS) is 15.9. The number of carbonyl (C=O) groups excluding carboxylic acids is 1. The van der Waals surface area contributed by atoms with E-state index in [0.717, 1.165) is 55.6 Å². The number of pyridine rings is 1. The van der Waals surface area contributed by atoms with E-state index < -0.39 is 0 Å². The van der Waals surface area contributed by atoms with E-state index in [9.17, 15) is 4.79 Å². The van der Waals surface area contributed by atoms with Gasteiger partial charge in [-0.05, 0) is 25.2 Å². The van der Waals surface area contributed by atoms with Crippen molar-refractivity contribution in [3.63, 3.8) is 0 Å². The lowest BCUT2D eigenvalue weighted by Crippen LogP contribution is -2.40. The van der Waals surface area contributed by atoms with Crippen molar-refractivity contribution < 1.29 is 4.79 Å². The summed E-state index contributed by atoms with van der Waals surface area (Å²) in [6.45, 7) is 3.13. The van der Waals surface area contributed by atoms with Crippen molar-refractivity contribution in [3.8, 4) is 0 Å². The maximum atomic E-state index is 11.3. The number of nitrogens with two attached hydrogens (primary N) is 1. The van der Waals surface area contributed by atoms with Crippen molar-refractivity contribution in [1.82, 2.24) is 15.6 Å². The van der Waals surface area contributed by atoms with Crippen LogP contribution in [0.4, 0.5) is 5.82 Å². The molecular formula is C17H28N6OS. The topological polar surface area (TPSA) is 95.6 Å². The summed E-state index contributed by atoms with van der Waals surface area (Å²) in [4.78, 5) is 22.4. The van der Waals surface area contributed by atoms with Gasteiger partial charge in [-0.3, -0.25) is 9.79 Å². The number of hydrogen-bond donors (Lipinski definition) is 3. The first-order valence-corrected chi connectivity index (χ1v) is 9.96. The third-order valence-electron chi connectivity index (χ3n) is 4.33. The van der Waals surface area contributed by atoms with Gasteiger partial charge in [0.15, 0.2) is 5.96 Å².